The summed E-state index contributed by atoms with van der Waals surface area (Å²) in [5.74, 6) is -1.97. The van der Waals surface area contributed by atoms with Gasteiger partial charge in [0.25, 0.3) is 0 Å². The van der Waals surface area contributed by atoms with Crippen LogP contribution in [0, 0.1) is 0 Å². The number of hydrogen-bond donors (Lipinski definition) is 8. The highest BCUT2D eigenvalue weighted by atomic mass is 32.2. The lowest BCUT2D eigenvalue weighted by molar-refractivity contribution is -0.139. The van der Waals surface area contributed by atoms with Crippen LogP contribution in [0.15, 0.2) is 0 Å². The molecule has 0 fully saturated rings. The Balaban J connectivity index is -0.000000350. The molecule has 0 bridgehead atoms. The standard InChI is InChI=1S/2C6H14N2O2.C5H11NO2S/c2*7-4-2-1-3-5(8)6(9)10;1-9-3-2-4(6)5(7)8/h2*5H,1-4,7-8H2,(H,9,10);4H,2-3,6H2,1H3,(H,7,8). The Morgan fingerprint density at radius 1 is 0.690 bits per heavy atom. The maximum Gasteiger partial charge on any atom is 0.320 e. The van der Waals surface area contributed by atoms with Gasteiger partial charge < -0.3 is 44.0 Å². The smallest absolute Gasteiger partial charge is 0.320 e. The van der Waals surface area contributed by atoms with Gasteiger partial charge in [-0.05, 0) is 57.2 Å². The average Bonchev–Trinajstić information content (AvgIpc) is 2.67. The van der Waals surface area contributed by atoms with Crippen molar-refractivity contribution in [2.24, 2.45) is 28.7 Å². The largest absolute Gasteiger partial charge is 0.480 e. The Hall–Kier alpha value is -1.44. The first-order valence-electron chi connectivity index (χ1n) is 9.39. The molecule has 0 aliphatic heterocycles. The minimum atomic E-state index is -0.933. The molecule has 12 heteroatoms. The van der Waals surface area contributed by atoms with Gasteiger partial charge in [0.2, 0.25) is 0 Å². The number of carbonyl (C=O) groups is 3. The minimum Gasteiger partial charge on any atom is -0.480 e. The van der Waals surface area contributed by atoms with E-state index in [4.69, 9.17) is 44.0 Å². The molecule has 0 rings (SSSR count). The van der Waals surface area contributed by atoms with Crippen LogP contribution in [0.2, 0.25) is 0 Å². The molecule has 0 saturated carbocycles. The molecule has 0 aromatic carbocycles. The summed E-state index contributed by atoms with van der Waals surface area (Å²) in [5, 5.41) is 24.9. The van der Waals surface area contributed by atoms with E-state index in [-0.39, 0.29) is 0 Å². The van der Waals surface area contributed by atoms with Crippen LogP contribution < -0.4 is 28.7 Å². The minimum absolute atomic E-state index is 0.520. The molecule has 13 N–H and O–H groups in total. The van der Waals surface area contributed by atoms with Gasteiger partial charge in [0, 0.05) is 0 Å². The Morgan fingerprint density at radius 2 is 1.00 bits per heavy atom. The first kappa shape index (κ1) is 32.2. The monoisotopic (exact) mass is 441 g/mol. The van der Waals surface area contributed by atoms with Crippen molar-refractivity contribution in [1.29, 1.82) is 0 Å². The van der Waals surface area contributed by atoms with Gasteiger partial charge in [0.05, 0.1) is 0 Å². The van der Waals surface area contributed by atoms with E-state index >= 15 is 0 Å². The lowest BCUT2D eigenvalue weighted by Gasteiger charge is -2.03. The molecule has 11 nitrogen and oxygen atoms in total. The molecule has 0 saturated heterocycles. The molecule has 3 atom stereocenters. The van der Waals surface area contributed by atoms with E-state index in [1.165, 1.54) is 0 Å². The number of rotatable bonds is 14. The normalized spacial score (nSPS) is 13.0. The summed E-state index contributed by atoms with van der Waals surface area (Å²) in [7, 11) is 0. The predicted octanol–water partition coefficient (Wildman–Crippen LogP) is -0.794. The second-order valence-corrected chi connectivity index (χ2v) is 7.17. The maximum atomic E-state index is 10.1. The first-order chi connectivity index (χ1) is 13.5. The van der Waals surface area contributed by atoms with Gasteiger partial charge in [-0.15, -0.1) is 0 Å². The molecular weight excluding hydrogens is 402 g/mol. The highest BCUT2D eigenvalue weighted by Gasteiger charge is 2.10. The molecule has 0 heterocycles. The summed E-state index contributed by atoms with van der Waals surface area (Å²) in [6, 6.07) is -2.12. The third kappa shape index (κ3) is 26.6. The fraction of sp³-hybridized carbons (Fsp3) is 0.824. The summed E-state index contributed by atoms with van der Waals surface area (Å²) < 4.78 is 0. The van der Waals surface area contributed by atoms with E-state index in [0.717, 1.165) is 31.4 Å². The third-order valence-electron chi connectivity index (χ3n) is 3.52. The summed E-state index contributed by atoms with van der Waals surface area (Å²) in [4.78, 5) is 30.3. The highest BCUT2D eigenvalue weighted by Crippen LogP contribution is 1.98. The zero-order valence-electron chi connectivity index (χ0n) is 17.2. The van der Waals surface area contributed by atoms with Gasteiger partial charge in [-0.2, -0.15) is 11.8 Å². The number of unbranched alkanes of at least 4 members (excludes halogenated alkanes) is 2. The Kier molecular flexibility index (Phi) is 25.4. The van der Waals surface area contributed by atoms with Crippen molar-refractivity contribution < 1.29 is 29.7 Å². The first-order valence-corrected chi connectivity index (χ1v) is 10.8. The van der Waals surface area contributed by atoms with Crippen LogP contribution >= 0.6 is 11.8 Å². The summed E-state index contributed by atoms with van der Waals surface area (Å²) in [6.45, 7) is 1.21. The molecule has 174 valence electrons. The zero-order chi connectivity index (χ0) is 23.2. The average molecular weight is 442 g/mol. The number of carboxylic acid groups (broad SMARTS) is 3. The van der Waals surface area contributed by atoms with Gasteiger partial charge in [-0.25, -0.2) is 0 Å². The van der Waals surface area contributed by atoms with E-state index < -0.39 is 36.0 Å². The molecule has 0 aliphatic rings. The topological polar surface area (TPSA) is 242 Å². The second kappa shape index (κ2) is 22.8. The van der Waals surface area contributed by atoms with Crippen molar-refractivity contribution in [3.8, 4) is 0 Å². The van der Waals surface area contributed by atoms with Gasteiger partial charge in [0.1, 0.15) is 18.1 Å². The molecule has 0 amide bonds. The van der Waals surface area contributed by atoms with Gasteiger partial charge in [-0.3, -0.25) is 14.4 Å². The van der Waals surface area contributed by atoms with Crippen LogP contribution in [0.25, 0.3) is 0 Å². The quantitative estimate of drug-likeness (QED) is 0.154. The SMILES string of the molecule is CSCCC(N)C(=O)O.NCCCCC(N)C(=O)O.NCCCCC(N)C(=O)O. The molecular formula is C17H39N5O6S. The van der Waals surface area contributed by atoms with Crippen molar-refractivity contribution in [3.05, 3.63) is 0 Å². The lowest BCUT2D eigenvalue weighted by atomic mass is 10.1. The van der Waals surface area contributed by atoms with Crippen molar-refractivity contribution in [2.75, 3.05) is 25.1 Å². The number of hydrogen-bond acceptors (Lipinski definition) is 9. The van der Waals surface area contributed by atoms with Crippen molar-refractivity contribution >= 4 is 29.7 Å². The highest BCUT2D eigenvalue weighted by molar-refractivity contribution is 7.98. The zero-order valence-corrected chi connectivity index (χ0v) is 18.0. The van der Waals surface area contributed by atoms with Crippen LogP contribution in [0.3, 0.4) is 0 Å². The van der Waals surface area contributed by atoms with E-state index in [1.807, 2.05) is 6.26 Å². The van der Waals surface area contributed by atoms with Crippen LogP contribution in [0.5, 0.6) is 0 Å². The van der Waals surface area contributed by atoms with Gasteiger partial charge >= 0.3 is 17.9 Å². The van der Waals surface area contributed by atoms with Crippen molar-refractivity contribution in [3.63, 3.8) is 0 Å². The lowest BCUT2D eigenvalue weighted by Crippen LogP contribution is -2.30. The summed E-state index contributed by atoms with van der Waals surface area (Å²) in [6.07, 6.45) is 6.81. The van der Waals surface area contributed by atoms with Gasteiger partial charge in [-0.1, -0.05) is 12.8 Å². The van der Waals surface area contributed by atoms with Crippen molar-refractivity contribution in [1.82, 2.24) is 0 Å². The van der Waals surface area contributed by atoms with E-state index in [0.29, 0.717) is 32.4 Å². The van der Waals surface area contributed by atoms with E-state index in [2.05, 4.69) is 0 Å². The summed E-state index contributed by atoms with van der Waals surface area (Å²) >= 11 is 1.60. The fourth-order valence-electron chi connectivity index (χ4n) is 1.63. The molecule has 0 aromatic rings. The number of carboxylic acids is 3. The predicted molar refractivity (Wildman–Crippen MR) is 116 cm³/mol. The van der Waals surface area contributed by atoms with Crippen LogP contribution in [0.4, 0.5) is 0 Å². The van der Waals surface area contributed by atoms with Crippen LogP contribution in [-0.4, -0.2) is 76.5 Å². The van der Waals surface area contributed by atoms with Crippen molar-refractivity contribution in [2.45, 2.75) is 63.1 Å². The molecule has 3 unspecified atom stereocenters. The maximum absolute atomic E-state index is 10.1. The van der Waals surface area contributed by atoms with E-state index in [9.17, 15) is 14.4 Å². The Labute approximate surface area is 176 Å². The van der Waals surface area contributed by atoms with Crippen LogP contribution in [0.1, 0.15) is 44.9 Å². The molecule has 29 heavy (non-hydrogen) atoms. The number of thioether (sulfide) groups is 1. The van der Waals surface area contributed by atoms with Gasteiger partial charge in [0.15, 0.2) is 0 Å². The van der Waals surface area contributed by atoms with E-state index in [1.54, 1.807) is 11.8 Å². The Morgan fingerprint density at radius 3 is 1.24 bits per heavy atom. The van der Waals surface area contributed by atoms with Crippen LogP contribution in [-0.2, 0) is 14.4 Å². The third-order valence-corrected chi connectivity index (χ3v) is 4.17. The number of aliphatic carboxylic acids is 3. The Bertz CT molecular complexity index is 405. The molecule has 0 radical (unpaired) electrons. The molecule has 0 spiro atoms. The fourth-order valence-corrected chi connectivity index (χ4v) is 2.12. The number of nitrogens with two attached hydrogens (primary N) is 5. The molecule has 0 aromatic heterocycles. The second-order valence-electron chi connectivity index (χ2n) is 6.18. The molecule has 0 aliphatic carbocycles. The summed E-state index contributed by atoms with van der Waals surface area (Å²) in [5.41, 5.74) is 26.0.